The van der Waals surface area contributed by atoms with Gasteiger partial charge in [-0.3, -0.25) is 0 Å². The zero-order chi connectivity index (χ0) is 10.7. The van der Waals surface area contributed by atoms with Crippen molar-refractivity contribution in [1.82, 2.24) is 5.32 Å². The lowest BCUT2D eigenvalue weighted by atomic mass is 9.80. The Morgan fingerprint density at radius 2 is 2.13 bits per heavy atom. The van der Waals surface area contributed by atoms with Gasteiger partial charge in [0.25, 0.3) is 0 Å². The fourth-order valence-corrected chi connectivity index (χ4v) is 1.89. The third-order valence-electron chi connectivity index (χ3n) is 3.10. The Bertz CT molecular complexity index is 315. The largest absolute Gasteiger partial charge is 0.465 e. The van der Waals surface area contributed by atoms with Gasteiger partial charge in [-0.2, -0.15) is 0 Å². The molecule has 0 amide bonds. The molecule has 0 aromatic carbocycles. The number of nitrogens with one attached hydrogen (secondary N) is 1. The molecular formula is C12H19NO2. The van der Waals surface area contributed by atoms with Gasteiger partial charge < -0.3 is 14.8 Å². The van der Waals surface area contributed by atoms with Crippen molar-refractivity contribution in [2.45, 2.75) is 44.8 Å². The highest BCUT2D eigenvalue weighted by molar-refractivity contribution is 5.07. The number of aliphatic hydroxyl groups is 1. The third-order valence-corrected chi connectivity index (χ3v) is 3.10. The topological polar surface area (TPSA) is 45.4 Å². The molecule has 0 atom stereocenters. The van der Waals surface area contributed by atoms with E-state index >= 15 is 0 Å². The van der Waals surface area contributed by atoms with Crippen molar-refractivity contribution in [3.8, 4) is 0 Å². The van der Waals surface area contributed by atoms with Crippen molar-refractivity contribution < 1.29 is 9.52 Å². The van der Waals surface area contributed by atoms with E-state index in [0.717, 1.165) is 37.2 Å². The molecule has 1 saturated carbocycles. The van der Waals surface area contributed by atoms with E-state index in [9.17, 15) is 5.11 Å². The highest BCUT2D eigenvalue weighted by atomic mass is 16.3. The Morgan fingerprint density at radius 1 is 1.40 bits per heavy atom. The summed E-state index contributed by atoms with van der Waals surface area (Å²) in [5, 5.41) is 13.1. The van der Waals surface area contributed by atoms with E-state index in [1.807, 2.05) is 12.1 Å². The fourth-order valence-electron chi connectivity index (χ4n) is 1.89. The molecule has 3 nitrogen and oxygen atoms in total. The van der Waals surface area contributed by atoms with Crippen LogP contribution in [0.15, 0.2) is 16.5 Å². The second kappa shape index (κ2) is 4.37. The molecule has 2 rings (SSSR count). The highest BCUT2D eigenvalue weighted by Crippen LogP contribution is 2.30. The minimum absolute atomic E-state index is 0.444. The maximum Gasteiger partial charge on any atom is 0.117 e. The highest BCUT2D eigenvalue weighted by Gasteiger charge is 2.33. The molecule has 15 heavy (non-hydrogen) atoms. The molecule has 0 spiro atoms. The van der Waals surface area contributed by atoms with Crippen LogP contribution in [-0.2, 0) is 13.0 Å². The average molecular weight is 209 g/mol. The molecule has 1 aliphatic rings. The van der Waals surface area contributed by atoms with Crippen molar-refractivity contribution in [3.05, 3.63) is 23.7 Å². The lowest BCUT2D eigenvalue weighted by Crippen LogP contribution is -2.45. The number of hydrogen-bond donors (Lipinski definition) is 2. The summed E-state index contributed by atoms with van der Waals surface area (Å²) >= 11 is 0. The first-order valence-electron chi connectivity index (χ1n) is 5.72. The van der Waals surface area contributed by atoms with Crippen molar-refractivity contribution >= 4 is 0 Å². The van der Waals surface area contributed by atoms with E-state index in [-0.39, 0.29) is 0 Å². The molecule has 1 fully saturated rings. The lowest BCUT2D eigenvalue weighted by Gasteiger charge is -2.36. The van der Waals surface area contributed by atoms with E-state index in [4.69, 9.17) is 4.42 Å². The van der Waals surface area contributed by atoms with Gasteiger partial charge in [-0.05, 0) is 31.4 Å². The maximum absolute atomic E-state index is 9.85. The van der Waals surface area contributed by atoms with Gasteiger partial charge >= 0.3 is 0 Å². The average Bonchev–Trinajstić information content (AvgIpc) is 2.63. The van der Waals surface area contributed by atoms with Gasteiger partial charge in [0, 0.05) is 13.0 Å². The molecule has 1 aromatic rings. The van der Waals surface area contributed by atoms with Crippen LogP contribution in [0.2, 0.25) is 0 Å². The van der Waals surface area contributed by atoms with Crippen LogP contribution >= 0.6 is 0 Å². The fraction of sp³-hybridized carbons (Fsp3) is 0.667. The smallest absolute Gasteiger partial charge is 0.117 e. The van der Waals surface area contributed by atoms with Gasteiger partial charge in [0.1, 0.15) is 11.5 Å². The van der Waals surface area contributed by atoms with E-state index in [1.54, 1.807) is 0 Å². The zero-order valence-corrected chi connectivity index (χ0v) is 9.25. The van der Waals surface area contributed by atoms with Crippen LogP contribution in [0.1, 0.15) is 37.7 Å². The van der Waals surface area contributed by atoms with Crippen LogP contribution in [0, 0.1) is 0 Å². The summed E-state index contributed by atoms with van der Waals surface area (Å²) in [5.74, 6) is 1.98. The Labute approximate surface area is 90.5 Å². The number of aryl methyl sites for hydroxylation is 1. The molecule has 0 unspecified atom stereocenters. The summed E-state index contributed by atoms with van der Waals surface area (Å²) < 4.78 is 5.56. The Hall–Kier alpha value is -0.800. The van der Waals surface area contributed by atoms with Crippen molar-refractivity contribution in [1.29, 1.82) is 0 Å². The molecule has 0 radical (unpaired) electrons. The summed E-state index contributed by atoms with van der Waals surface area (Å²) in [6.07, 6.45) is 3.94. The van der Waals surface area contributed by atoms with Gasteiger partial charge in [0.05, 0.1) is 12.1 Å². The second-order valence-electron chi connectivity index (χ2n) is 4.40. The zero-order valence-electron chi connectivity index (χ0n) is 9.25. The summed E-state index contributed by atoms with van der Waals surface area (Å²) in [4.78, 5) is 0. The second-order valence-corrected chi connectivity index (χ2v) is 4.40. The van der Waals surface area contributed by atoms with Gasteiger partial charge in [-0.25, -0.2) is 0 Å². The Balaban J connectivity index is 1.73. The molecule has 0 aliphatic heterocycles. The van der Waals surface area contributed by atoms with Crippen LogP contribution < -0.4 is 5.32 Å². The first-order valence-corrected chi connectivity index (χ1v) is 5.72. The first kappa shape index (κ1) is 10.7. The van der Waals surface area contributed by atoms with Crippen molar-refractivity contribution in [2.75, 3.05) is 6.54 Å². The monoisotopic (exact) mass is 209 g/mol. The molecule has 1 aromatic heterocycles. The SMILES string of the molecule is CCc1ccc(CNCC2(O)CCC2)o1. The van der Waals surface area contributed by atoms with Gasteiger partial charge in [-0.1, -0.05) is 6.92 Å². The van der Waals surface area contributed by atoms with Crippen LogP contribution in [-0.4, -0.2) is 17.3 Å². The van der Waals surface area contributed by atoms with Crippen molar-refractivity contribution in [3.63, 3.8) is 0 Å². The summed E-state index contributed by atoms with van der Waals surface area (Å²) in [5.41, 5.74) is -0.444. The molecular weight excluding hydrogens is 190 g/mol. The molecule has 2 N–H and O–H groups in total. The Kier molecular flexibility index (Phi) is 3.12. The molecule has 3 heteroatoms. The predicted molar refractivity (Wildman–Crippen MR) is 58.6 cm³/mol. The standard InChI is InChI=1S/C12H19NO2/c1-2-10-4-5-11(15-10)8-13-9-12(14)6-3-7-12/h4-5,13-14H,2-3,6-9H2,1H3. The van der Waals surface area contributed by atoms with Gasteiger partial charge in [0.15, 0.2) is 0 Å². The third kappa shape index (κ3) is 2.61. The molecule has 0 saturated heterocycles. The minimum atomic E-state index is -0.444. The molecule has 84 valence electrons. The number of rotatable bonds is 5. The molecule has 0 bridgehead atoms. The normalized spacial score (nSPS) is 18.8. The van der Waals surface area contributed by atoms with Crippen LogP contribution in [0.4, 0.5) is 0 Å². The quantitative estimate of drug-likeness (QED) is 0.778. The maximum atomic E-state index is 9.85. The number of furan rings is 1. The lowest BCUT2D eigenvalue weighted by molar-refractivity contribution is -0.0317. The van der Waals surface area contributed by atoms with Gasteiger partial charge in [-0.15, -0.1) is 0 Å². The summed E-state index contributed by atoms with van der Waals surface area (Å²) in [6.45, 7) is 3.46. The van der Waals surface area contributed by atoms with Crippen LogP contribution in [0.3, 0.4) is 0 Å². The van der Waals surface area contributed by atoms with E-state index in [2.05, 4.69) is 12.2 Å². The predicted octanol–water partition coefficient (Wildman–Crippen LogP) is 1.85. The van der Waals surface area contributed by atoms with Crippen LogP contribution in [0.25, 0.3) is 0 Å². The number of hydrogen-bond acceptors (Lipinski definition) is 3. The minimum Gasteiger partial charge on any atom is -0.465 e. The van der Waals surface area contributed by atoms with E-state index < -0.39 is 5.60 Å². The van der Waals surface area contributed by atoms with Gasteiger partial charge in [0.2, 0.25) is 0 Å². The summed E-state index contributed by atoms with van der Waals surface area (Å²) in [6, 6.07) is 4.01. The van der Waals surface area contributed by atoms with E-state index in [1.165, 1.54) is 0 Å². The molecule has 1 aliphatic carbocycles. The van der Waals surface area contributed by atoms with Crippen LogP contribution in [0.5, 0.6) is 0 Å². The Morgan fingerprint density at radius 3 is 2.67 bits per heavy atom. The van der Waals surface area contributed by atoms with E-state index in [0.29, 0.717) is 13.1 Å². The summed E-state index contributed by atoms with van der Waals surface area (Å²) in [7, 11) is 0. The van der Waals surface area contributed by atoms with Crippen molar-refractivity contribution in [2.24, 2.45) is 0 Å². The molecule has 1 heterocycles. The first-order chi connectivity index (χ1) is 7.22.